The highest BCUT2D eigenvalue weighted by Crippen LogP contribution is 2.41. The minimum atomic E-state index is -4.72. The highest BCUT2D eigenvalue weighted by molar-refractivity contribution is 7.86. The first-order valence-electron chi connectivity index (χ1n) is 15.4. The third-order valence-corrected chi connectivity index (χ3v) is 12.3. The van der Waals surface area contributed by atoms with Gasteiger partial charge >= 0.3 is 0 Å². The van der Waals surface area contributed by atoms with Crippen LogP contribution in [0.3, 0.4) is 0 Å². The van der Waals surface area contributed by atoms with Crippen LogP contribution in [-0.2, 0) is 40.5 Å². The lowest BCUT2D eigenvalue weighted by atomic mass is 9.77. The van der Waals surface area contributed by atoms with Crippen LogP contribution in [0, 0.1) is 0 Å². The van der Waals surface area contributed by atoms with Gasteiger partial charge in [0.05, 0.1) is 19.6 Å². The summed E-state index contributed by atoms with van der Waals surface area (Å²) in [6.45, 7) is 3.83. The lowest BCUT2D eigenvalue weighted by molar-refractivity contribution is 0.440. The quantitative estimate of drug-likeness (QED) is 0.140. The first kappa shape index (κ1) is 39.3. The van der Waals surface area contributed by atoms with E-state index in [1.54, 1.807) is 48.5 Å². The fourth-order valence-corrected chi connectivity index (χ4v) is 7.93. The Morgan fingerprint density at radius 1 is 0.380 bits per heavy atom. The molecule has 0 aliphatic heterocycles. The van der Waals surface area contributed by atoms with Crippen LogP contribution in [0.1, 0.15) is 85.5 Å². The average molecular weight is 763 g/mol. The average Bonchev–Trinajstić information content (AvgIpc) is 3.04. The fraction of sp³-hybridized carbons (Fsp3) is 0.294. The summed E-state index contributed by atoms with van der Waals surface area (Å²) in [4.78, 5) is -1.53. The Kier molecular flexibility index (Phi) is 12.1. The van der Waals surface area contributed by atoms with Crippen LogP contribution in [0.4, 0.5) is 0 Å². The molecule has 0 saturated heterocycles. The molecule has 4 aromatic carbocycles. The molecule has 50 heavy (non-hydrogen) atoms. The largest absolute Gasteiger partial charge is 0.744 e. The van der Waals surface area contributed by atoms with E-state index in [1.807, 2.05) is 13.8 Å². The van der Waals surface area contributed by atoms with Gasteiger partial charge in [-0.3, -0.25) is 0 Å². The van der Waals surface area contributed by atoms with Crippen molar-refractivity contribution in [1.82, 2.24) is 0 Å². The van der Waals surface area contributed by atoms with Crippen molar-refractivity contribution in [1.29, 1.82) is 0 Å². The standard InChI is InChI=1S/C34H38O12S4/c1-23(25-5-13-31(14-6-25)47(35,36)37)3-4-29(27-9-17-33(18-10-27)49(41,42)43)22-30(28-11-19-34(20-12-28)50(44,45)46)21-24(2)26-7-15-32(16-8-26)48(38,39)40/h5-20,23-24,29-30H,3-4,21-22H2,1-2H3,(H,35,36,37)(H,38,39,40)(H,41,42,43)(H,44,45,46)/p-4. The normalized spacial score (nSPS) is 15.2. The zero-order chi connectivity index (χ0) is 37.1. The van der Waals surface area contributed by atoms with Crippen LogP contribution >= 0.6 is 0 Å². The van der Waals surface area contributed by atoms with E-state index in [0.29, 0.717) is 31.2 Å². The predicted molar refractivity (Wildman–Crippen MR) is 178 cm³/mol. The van der Waals surface area contributed by atoms with Gasteiger partial charge in [-0.25, -0.2) is 33.7 Å². The van der Waals surface area contributed by atoms with E-state index in [4.69, 9.17) is 0 Å². The van der Waals surface area contributed by atoms with E-state index in [-0.39, 0.29) is 33.5 Å². The van der Waals surface area contributed by atoms with Gasteiger partial charge in [-0.15, -0.1) is 0 Å². The molecule has 4 unspecified atom stereocenters. The lowest BCUT2D eigenvalue weighted by Crippen LogP contribution is -2.12. The first-order chi connectivity index (χ1) is 23.1. The van der Waals surface area contributed by atoms with E-state index in [1.165, 1.54) is 48.5 Å². The maximum absolute atomic E-state index is 11.6. The maximum atomic E-state index is 11.6. The van der Waals surface area contributed by atoms with Crippen molar-refractivity contribution in [2.75, 3.05) is 0 Å². The summed E-state index contributed by atoms with van der Waals surface area (Å²) in [6.07, 6.45) is 1.98. The minimum absolute atomic E-state index is 0.100. The highest BCUT2D eigenvalue weighted by atomic mass is 32.2. The SMILES string of the molecule is CC(CCC(CC(CC(C)c1ccc(S(=O)(=O)[O-])cc1)c1ccc(S(=O)(=O)[O-])cc1)c1ccc(S(=O)(=O)[O-])cc1)c1ccc(S(=O)(=O)[O-])cc1. The van der Waals surface area contributed by atoms with Gasteiger partial charge in [0.2, 0.25) is 0 Å². The van der Waals surface area contributed by atoms with E-state index in [9.17, 15) is 51.9 Å². The zero-order valence-corrected chi connectivity index (χ0v) is 30.2. The van der Waals surface area contributed by atoms with Gasteiger partial charge in [0.25, 0.3) is 0 Å². The van der Waals surface area contributed by atoms with Crippen LogP contribution in [0.25, 0.3) is 0 Å². The van der Waals surface area contributed by atoms with Crippen molar-refractivity contribution in [3.8, 4) is 0 Å². The van der Waals surface area contributed by atoms with Gasteiger partial charge in [-0.05, 0) is 120 Å². The minimum Gasteiger partial charge on any atom is -0.744 e. The monoisotopic (exact) mass is 762 g/mol. The Morgan fingerprint density at radius 2 is 0.660 bits per heavy atom. The van der Waals surface area contributed by atoms with Crippen LogP contribution in [-0.4, -0.2) is 51.9 Å². The topological polar surface area (TPSA) is 229 Å². The van der Waals surface area contributed by atoms with E-state index >= 15 is 0 Å². The second-order valence-corrected chi connectivity index (χ2v) is 17.9. The molecule has 4 atom stereocenters. The van der Waals surface area contributed by atoms with Crippen molar-refractivity contribution >= 4 is 40.5 Å². The summed E-state index contributed by atoms with van der Waals surface area (Å²) < 4.78 is 138. The second-order valence-electron chi connectivity index (χ2n) is 12.3. The second kappa shape index (κ2) is 15.4. The van der Waals surface area contributed by atoms with Crippen LogP contribution in [0.15, 0.2) is 117 Å². The Balaban J connectivity index is 1.69. The summed E-state index contributed by atoms with van der Waals surface area (Å²) in [6, 6.07) is 22.3. The fourth-order valence-electron chi connectivity index (χ4n) is 6.05. The van der Waals surface area contributed by atoms with E-state index in [2.05, 4.69) is 0 Å². The third kappa shape index (κ3) is 10.5. The van der Waals surface area contributed by atoms with Crippen molar-refractivity contribution in [3.05, 3.63) is 119 Å². The van der Waals surface area contributed by atoms with Crippen LogP contribution in [0.2, 0.25) is 0 Å². The van der Waals surface area contributed by atoms with Gasteiger partial charge in [-0.2, -0.15) is 0 Å². The van der Waals surface area contributed by atoms with Gasteiger partial charge in [0.15, 0.2) is 0 Å². The summed E-state index contributed by atoms with van der Waals surface area (Å²) in [5, 5.41) is 0. The summed E-state index contributed by atoms with van der Waals surface area (Å²) >= 11 is 0. The molecule has 0 aromatic heterocycles. The maximum Gasteiger partial charge on any atom is 0.124 e. The molecule has 0 N–H and O–H groups in total. The molecular formula is C34H34O12S4-4. The van der Waals surface area contributed by atoms with Gasteiger partial charge in [0, 0.05) is 0 Å². The molecule has 0 bridgehead atoms. The molecule has 0 fully saturated rings. The molecule has 0 saturated carbocycles. The van der Waals surface area contributed by atoms with Crippen molar-refractivity contribution in [2.45, 2.75) is 82.8 Å². The van der Waals surface area contributed by atoms with Crippen molar-refractivity contribution < 1.29 is 51.9 Å². The smallest absolute Gasteiger partial charge is 0.124 e. The van der Waals surface area contributed by atoms with Crippen molar-refractivity contribution in [3.63, 3.8) is 0 Å². The molecular weight excluding hydrogens is 729 g/mol. The summed E-state index contributed by atoms with van der Waals surface area (Å²) in [5.41, 5.74) is 2.94. The molecule has 270 valence electrons. The number of rotatable bonds is 15. The lowest BCUT2D eigenvalue weighted by Gasteiger charge is -2.28. The predicted octanol–water partition coefficient (Wildman–Crippen LogP) is 5.34. The van der Waals surface area contributed by atoms with Gasteiger partial charge in [0.1, 0.15) is 40.5 Å². The third-order valence-electron chi connectivity index (χ3n) is 8.91. The number of hydrogen-bond donors (Lipinski definition) is 0. The zero-order valence-electron chi connectivity index (χ0n) is 26.9. The Morgan fingerprint density at radius 3 is 0.980 bits per heavy atom. The molecule has 4 rings (SSSR count). The molecule has 0 heterocycles. The molecule has 0 amide bonds. The Hall–Kier alpha value is -3.48. The van der Waals surface area contributed by atoms with Gasteiger partial charge < -0.3 is 18.2 Å². The van der Waals surface area contributed by atoms with Crippen molar-refractivity contribution in [2.24, 2.45) is 0 Å². The number of benzene rings is 4. The molecule has 0 aliphatic carbocycles. The molecule has 0 spiro atoms. The Bertz CT molecular complexity index is 2220. The highest BCUT2D eigenvalue weighted by Gasteiger charge is 2.24. The van der Waals surface area contributed by atoms with E-state index in [0.717, 1.165) is 16.7 Å². The first-order valence-corrected chi connectivity index (χ1v) is 21.0. The van der Waals surface area contributed by atoms with Crippen LogP contribution < -0.4 is 0 Å². The molecule has 4 aromatic rings. The summed E-state index contributed by atoms with van der Waals surface area (Å²) in [5.74, 6) is -0.844. The molecule has 0 aliphatic rings. The van der Waals surface area contributed by atoms with Gasteiger partial charge in [-0.1, -0.05) is 62.4 Å². The number of hydrogen-bond acceptors (Lipinski definition) is 12. The molecule has 16 heteroatoms. The Labute approximate surface area is 293 Å². The molecule has 0 radical (unpaired) electrons. The van der Waals surface area contributed by atoms with Crippen LogP contribution in [0.5, 0.6) is 0 Å². The molecule has 12 nitrogen and oxygen atoms in total. The summed E-state index contributed by atoms with van der Waals surface area (Å²) in [7, 11) is -18.7. The van der Waals surface area contributed by atoms with E-state index < -0.39 is 50.3 Å².